The first-order valence-electron chi connectivity index (χ1n) is 6.47. The third kappa shape index (κ3) is 2.84. The molecule has 0 atom stereocenters. The SMILES string of the molecule is Clc1ccc2ccn(CCNc3ccccc3Br)c2c1. The summed E-state index contributed by atoms with van der Waals surface area (Å²) in [6.45, 7) is 1.75. The molecule has 2 nitrogen and oxygen atoms in total. The van der Waals surface area contributed by atoms with Crippen molar-refractivity contribution in [1.82, 2.24) is 4.57 Å². The zero-order valence-electron chi connectivity index (χ0n) is 10.8. The maximum atomic E-state index is 6.06. The third-order valence-corrected chi connectivity index (χ3v) is 4.20. The van der Waals surface area contributed by atoms with Gasteiger partial charge in [0, 0.05) is 40.0 Å². The summed E-state index contributed by atoms with van der Waals surface area (Å²) in [6, 6.07) is 16.2. The lowest BCUT2D eigenvalue weighted by Gasteiger charge is -2.10. The molecule has 4 heteroatoms. The van der Waals surface area contributed by atoms with E-state index in [0.717, 1.165) is 28.3 Å². The molecule has 0 spiro atoms. The number of nitrogens with one attached hydrogen (secondary N) is 1. The van der Waals surface area contributed by atoms with E-state index in [2.05, 4.69) is 50.2 Å². The summed E-state index contributed by atoms with van der Waals surface area (Å²) in [5.74, 6) is 0. The maximum Gasteiger partial charge on any atom is 0.0495 e. The van der Waals surface area contributed by atoms with Gasteiger partial charge in [-0.1, -0.05) is 29.8 Å². The Labute approximate surface area is 131 Å². The second-order valence-electron chi connectivity index (χ2n) is 4.62. The van der Waals surface area contributed by atoms with Gasteiger partial charge in [0.2, 0.25) is 0 Å². The highest BCUT2D eigenvalue weighted by atomic mass is 79.9. The van der Waals surface area contributed by atoms with Gasteiger partial charge in [0.15, 0.2) is 0 Å². The summed E-state index contributed by atoms with van der Waals surface area (Å²) in [7, 11) is 0. The molecule has 0 amide bonds. The molecular weight excluding hydrogens is 336 g/mol. The van der Waals surface area contributed by atoms with Crippen LogP contribution in [0.1, 0.15) is 0 Å². The minimum Gasteiger partial charge on any atom is -0.382 e. The molecule has 3 aromatic rings. The summed E-state index contributed by atoms with van der Waals surface area (Å²) < 4.78 is 3.30. The van der Waals surface area contributed by atoms with Crippen molar-refractivity contribution in [2.75, 3.05) is 11.9 Å². The summed E-state index contributed by atoms with van der Waals surface area (Å²) in [5.41, 5.74) is 2.29. The van der Waals surface area contributed by atoms with E-state index in [0.29, 0.717) is 0 Å². The van der Waals surface area contributed by atoms with Gasteiger partial charge in [0.25, 0.3) is 0 Å². The van der Waals surface area contributed by atoms with E-state index in [1.807, 2.05) is 30.3 Å². The molecule has 102 valence electrons. The van der Waals surface area contributed by atoms with Crippen molar-refractivity contribution in [3.05, 3.63) is 64.2 Å². The first-order chi connectivity index (χ1) is 9.74. The molecule has 20 heavy (non-hydrogen) atoms. The topological polar surface area (TPSA) is 17.0 Å². The smallest absolute Gasteiger partial charge is 0.0495 e. The first-order valence-corrected chi connectivity index (χ1v) is 7.64. The summed E-state index contributed by atoms with van der Waals surface area (Å²) in [5, 5.41) is 5.42. The molecule has 0 saturated heterocycles. The zero-order valence-corrected chi connectivity index (χ0v) is 13.2. The van der Waals surface area contributed by atoms with Crippen molar-refractivity contribution >= 4 is 44.1 Å². The molecule has 0 bridgehead atoms. The molecule has 0 radical (unpaired) electrons. The Morgan fingerprint density at radius 1 is 1.10 bits per heavy atom. The van der Waals surface area contributed by atoms with E-state index >= 15 is 0 Å². The number of rotatable bonds is 4. The fraction of sp³-hybridized carbons (Fsp3) is 0.125. The number of anilines is 1. The Morgan fingerprint density at radius 3 is 2.80 bits per heavy atom. The molecule has 0 saturated carbocycles. The number of nitrogens with zero attached hydrogens (tertiary/aromatic N) is 1. The van der Waals surface area contributed by atoms with E-state index in [-0.39, 0.29) is 0 Å². The van der Waals surface area contributed by atoms with Gasteiger partial charge >= 0.3 is 0 Å². The van der Waals surface area contributed by atoms with Crippen molar-refractivity contribution < 1.29 is 0 Å². The molecule has 0 aliphatic heterocycles. The average molecular weight is 350 g/mol. The van der Waals surface area contributed by atoms with Crippen LogP contribution in [0.4, 0.5) is 5.69 Å². The molecule has 0 aliphatic rings. The van der Waals surface area contributed by atoms with Crippen LogP contribution in [0.25, 0.3) is 10.9 Å². The summed E-state index contributed by atoms with van der Waals surface area (Å²) in [4.78, 5) is 0. The van der Waals surface area contributed by atoms with Crippen LogP contribution in [0, 0.1) is 0 Å². The molecule has 1 N–H and O–H groups in total. The molecule has 2 aromatic carbocycles. The second-order valence-corrected chi connectivity index (χ2v) is 5.91. The monoisotopic (exact) mass is 348 g/mol. The van der Waals surface area contributed by atoms with Crippen molar-refractivity contribution in [3.8, 4) is 0 Å². The third-order valence-electron chi connectivity index (χ3n) is 3.28. The quantitative estimate of drug-likeness (QED) is 0.687. The van der Waals surface area contributed by atoms with Gasteiger partial charge in [-0.25, -0.2) is 0 Å². The van der Waals surface area contributed by atoms with E-state index < -0.39 is 0 Å². The van der Waals surface area contributed by atoms with E-state index in [1.165, 1.54) is 10.9 Å². The van der Waals surface area contributed by atoms with Crippen LogP contribution in [0.3, 0.4) is 0 Å². The summed E-state index contributed by atoms with van der Waals surface area (Å²) in [6.07, 6.45) is 2.10. The van der Waals surface area contributed by atoms with E-state index in [9.17, 15) is 0 Å². The zero-order chi connectivity index (χ0) is 13.9. The van der Waals surface area contributed by atoms with Crippen LogP contribution in [0.2, 0.25) is 5.02 Å². The van der Waals surface area contributed by atoms with Gasteiger partial charge in [-0.15, -0.1) is 0 Å². The molecule has 0 aliphatic carbocycles. The molecule has 0 fully saturated rings. The number of hydrogen-bond acceptors (Lipinski definition) is 1. The van der Waals surface area contributed by atoms with Gasteiger partial charge in [-0.3, -0.25) is 0 Å². The Hall–Kier alpha value is -1.45. The van der Waals surface area contributed by atoms with Crippen molar-refractivity contribution in [2.45, 2.75) is 6.54 Å². The van der Waals surface area contributed by atoms with E-state index in [1.54, 1.807) is 0 Å². The molecular formula is C16H14BrClN2. The lowest BCUT2D eigenvalue weighted by molar-refractivity contribution is 0.757. The van der Waals surface area contributed by atoms with Gasteiger partial charge < -0.3 is 9.88 Å². The Bertz CT molecular complexity index is 736. The first kappa shape index (κ1) is 13.5. The molecule has 3 rings (SSSR count). The van der Waals surface area contributed by atoms with E-state index in [4.69, 9.17) is 11.6 Å². The standard InChI is InChI=1S/C16H14BrClN2/c17-14-3-1-2-4-15(14)19-8-10-20-9-7-12-5-6-13(18)11-16(12)20/h1-7,9,11,19H,8,10H2. The maximum absolute atomic E-state index is 6.06. The van der Waals surface area contributed by atoms with Gasteiger partial charge in [-0.05, 0) is 51.6 Å². The van der Waals surface area contributed by atoms with Gasteiger partial charge in [-0.2, -0.15) is 0 Å². The molecule has 0 unspecified atom stereocenters. The van der Waals surface area contributed by atoms with Crippen molar-refractivity contribution in [3.63, 3.8) is 0 Å². The predicted octanol–water partition coefficient (Wildman–Crippen LogP) is 5.17. The van der Waals surface area contributed by atoms with Crippen LogP contribution in [-0.2, 0) is 6.54 Å². The Kier molecular flexibility index (Phi) is 3.99. The normalized spacial score (nSPS) is 10.9. The van der Waals surface area contributed by atoms with Crippen LogP contribution in [0.5, 0.6) is 0 Å². The Balaban J connectivity index is 1.71. The lowest BCUT2D eigenvalue weighted by atomic mass is 10.2. The minimum absolute atomic E-state index is 0.774. The van der Waals surface area contributed by atoms with Crippen LogP contribution < -0.4 is 5.32 Å². The molecule has 1 heterocycles. The highest BCUT2D eigenvalue weighted by Crippen LogP contribution is 2.22. The van der Waals surface area contributed by atoms with Crippen LogP contribution >= 0.6 is 27.5 Å². The number of hydrogen-bond donors (Lipinski definition) is 1. The highest BCUT2D eigenvalue weighted by molar-refractivity contribution is 9.10. The number of fused-ring (bicyclic) bond motifs is 1. The fourth-order valence-corrected chi connectivity index (χ4v) is 2.86. The van der Waals surface area contributed by atoms with Crippen LogP contribution in [0.15, 0.2) is 59.2 Å². The van der Waals surface area contributed by atoms with Crippen molar-refractivity contribution in [2.24, 2.45) is 0 Å². The average Bonchev–Trinajstić information content (AvgIpc) is 2.83. The molecule has 1 aromatic heterocycles. The fourth-order valence-electron chi connectivity index (χ4n) is 2.27. The minimum atomic E-state index is 0.774. The number of benzene rings is 2. The number of para-hydroxylation sites is 1. The largest absolute Gasteiger partial charge is 0.382 e. The predicted molar refractivity (Wildman–Crippen MR) is 89.6 cm³/mol. The van der Waals surface area contributed by atoms with Crippen LogP contribution in [-0.4, -0.2) is 11.1 Å². The summed E-state index contributed by atoms with van der Waals surface area (Å²) >= 11 is 9.60. The Morgan fingerprint density at radius 2 is 1.95 bits per heavy atom. The second kappa shape index (κ2) is 5.90. The van der Waals surface area contributed by atoms with Gasteiger partial charge in [0.1, 0.15) is 0 Å². The van der Waals surface area contributed by atoms with Gasteiger partial charge in [0.05, 0.1) is 0 Å². The number of halogens is 2. The van der Waals surface area contributed by atoms with Crippen molar-refractivity contribution in [1.29, 1.82) is 0 Å². The lowest BCUT2D eigenvalue weighted by Crippen LogP contribution is -2.09. The number of aromatic nitrogens is 1. The highest BCUT2D eigenvalue weighted by Gasteiger charge is 2.02.